The summed E-state index contributed by atoms with van der Waals surface area (Å²) < 4.78 is 0.791. The third-order valence-corrected chi connectivity index (χ3v) is 3.10. The van der Waals surface area contributed by atoms with Gasteiger partial charge in [0.2, 0.25) is 5.91 Å². The second-order valence-corrected chi connectivity index (χ2v) is 4.91. The van der Waals surface area contributed by atoms with E-state index in [0.717, 1.165) is 10.9 Å². The van der Waals surface area contributed by atoms with Crippen LogP contribution >= 0.6 is 15.9 Å². The fourth-order valence-electron chi connectivity index (χ4n) is 1.46. The highest BCUT2D eigenvalue weighted by Gasteiger charge is 2.39. The van der Waals surface area contributed by atoms with Crippen molar-refractivity contribution < 1.29 is 9.59 Å². The largest absolute Gasteiger partial charge is 0.356 e. The maximum absolute atomic E-state index is 11.5. The molecule has 1 saturated carbocycles. The van der Waals surface area contributed by atoms with Crippen molar-refractivity contribution in [2.24, 2.45) is 11.8 Å². The minimum absolute atomic E-state index is 0.0516. The highest BCUT2D eigenvalue weighted by atomic mass is 79.9. The van der Waals surface area contributed by atoms with E-state index >= 15 is 0 Å². The number of carbonyl (C=O) groups excluding carboxylic acids is 2. The molecule has 1 aromatic heterocycles. The summed E-state index contributed by atoms with van der Waals surface area (Å²) in [6.45, 7) is 2.01. The molecule has 16 heavy (non-hydrogen) atoms. The van der Waals surface area contributed by atoms with Gasteiger partial charge in [-0.3, -0.25) is 20.4 Å². The first kappa shape index (κ1) is 11.2. The summed E-state index contributed by atoms with van der Waals surface area (Å²) in [6, 6.07) is 1.64. The van der Waals surface area contributed by atoms with E-state index in [0.29, 0.717) is 11.6 Å². The van der Waals surface area contributed by atoms with E-state index in [1.165, 1.54) is 0 Å². The fourth-order valence-corrected chi connectivity index (χ4v) is 1.81. The zero-order valence-electron chi connectivity index (χ0n) is 8.71. The Morgan fingerprint density at radius 2 is 2.19 bits per heavy atom. The molecular weight excluding hydrogens is 274 g/mol. The summed E-state index contributed by atoms with van der Waals surface area (Å²) in [6.07, 6.45) is 2.55. The van der Waals surface area contributed by atoms with Crippen LogP contribution in [-0.4, -0.2) is 16.8 Å². The van der Waals surface area contributed by atoms with Gasteiger partial charge in [0.05, 0.1) is 0 Å². The van der Waals surface area contributed by atoms with Crippen LogP contribution in [0.25, 0.3) is 0 Å². The molecule has 2 rings (SSSR count). The van der Waals surface area contributed by atoms with Gasteiger partial charge in [-0.15, -0.1) is 0 Å². The van der Waals surface area contributed by atoms with Gasteiger partial charge < -0.3 is 4.98 Å². The Bertz CT molecular complexity index is 429. The lowest BCUT2D eigenvalue weighted by Crippen LogP contribution is -2.42. The molecule has 0 aliphatic heterocycles. The smallest absolute Gasteiger partial charge is 0.286 e. The number of carbonyl (C=O) groups is 2. The quantitative estimate of drug-likeness (QED) is 0.714. The van der Waals surface area contributed by atoms with Gasteiger partial charge in [-0.05, 0) is 34.3 Å². The molecule has 1 aliphatic carbocycles. The van der Waals surface area contributed by atoms with Crippen molar-refractivity contribution in [3.63, 3.8) is 0 Å². The number of rotatable bonds is 2. The first-order valence-corrected chi connectivity index (χ1v) is 5.81. The molecule has 1 aromatic rings. The monoisotopic (exact) mass is 285 g/mol. The minimum atomic E-state index is -0.354. The molecule has 1 fully saturated rings. The van der Waals surface area contributed by atoms with Gasteiger partial charge in [0, 0.05) is 16.6 Å². The second kappa shape index (κ2) is 4.29. The van der Waals surface area contributed by atoms with Gasteiger partial charge >= 0.3 is 0 Å². The molecule has 0 radical (unpaired) electrons. The van der Waals surface area contributed by atoms with Crippen LogP contribution in [0.1, 0.15) is 23.8 Å². The lowest BCUT2D eigenvalue weighted by molar-refractivity contribution is -0.123. The van der Waals surface area contributed by atoms with Crippen molar-refractivity contribution in [1.82, 2.24) is 15.8 Å². The first-order chi connectivity index (χ1) is 7.58. The van der Waals surface area contributed by atoms with E-state index in [2.05, 4.69) is 31.8 Å². The van der Waals surface area contributed by atoms with Gasteiger partial charge in [-0.1, -0.05) is 6.92 Å². The Hall–Kier alpha value is -1.30. The summed E-state index contributed by atoms with van der Waals surface area (Å²) in [4.78, 5) is 25.7. The molecule has 3 N–H and O–H groups in total. The lowest BCUT2D eigenvalue weighted by Gasteiger charge is -2.05. The number of aromatic amines is 1. The van der Waals surface area contributed by atoms with Gasteiger partial charge in [0.25, 0.3) is 5.91 Å². The summed E-state index contributed by atoms with van der Waals surface area (Å²) in [5.74, 6) is 0.00559. The normalized spacial score (nSPS) is 22.6. The van der Waals surface area contributed by atoms with Crippen LogP contribution in [0, 0.1) is 11.8 Å². The molecule has 6 heteroatoms. The first-order valence-electron chi connectivity index (χ1n) is 5.02. The van der Waals surface area contributed by atoms with Crippen molar-refractivity contribution >= 4 is 27.7 Å². The highest BCUT2D eigenvalue weighted by Crippen LogP contribution is 2.37. The average Bonchev–Trinajstić information content (AvgIpc) is 2.81. The van der Waals surface area contributed by atoms with Crippen molar-refractivity contribution in [1.29, 1.82) is 0 Å². The van der Waals surface area contributed by atoms with E-state index in [-0.39, 0.29) is 17.7 Å². The number of hydrogen-bond acceptors (Lipinski definition) is 2. The van der Waals surface area contributed by atoms with E-state index in [4.69, 9.17) is 0 Å². The van der Waals surface area contributed by atoms with Crippen molar-refractivity contribution in [3.8, 4) is 0 Å². The van der Waals surface area contributed by atoms with Crippen LogP contribution < -0.4 is 10.9 Å². The topological polar surface area (TPSA) is 74.0 Å². The maximum Gasteiger partial charge on any atom is 0.286 e. The number of hydrogen-bond donors (Lipinski definition) is 3. The van der Waals surface area contributed by atoms with E-state index in [1.54, 1.807) is 12.3 Å². The molecule has 2 amide bonds. The number of H-pyrrole nitrogens is 1. The highest BCUT2D eigenvalue weighted by molar-refractivity contribution is 9.10. The zero-order valence-corrected chi connectivity index (χ0v) is 10.3. The summed E-state index contributed by atoms with van der Waals surface area (Å²) in [5.41, 5.74) is 5.17. The average molecular weight is 286 g/mol. The predicted octanol–water partition coefficient (Wildman–Crippen LogP) is 1.19. The molecule has 86 valence electrons. The zero-order chi connectivity index (χ0) is 11.7. The SMILES string of the molecule is CC1CC1C(=O)NNC(=O)c1cc(Br)c[nH]1. The Kier molecular flexibility index (Phi) is 3.00. The van der Waals surface area contributed by atoms with Gasteiger partial charge in [-0.2, -0.15) is 0 Å². The molecule has 0 saturated heterocycles. The van der Waals surface area contributed by atoms with Crippen LogP contribution in [0.15, 0.2) is 16.7 Å². The Balaban J connectivity index is 1.82. The van der Waals surface area contributed by atoms with Crippen molar-refractivity contribution in [2.45, 2.75) is 13.3 Å². The van der Waals surface area contributed by atoms with E-state index in [9.17, 15) is 9.59 Å². The molecule has 0 bridgehead atoms. The van der Waals surface area contributed by atoms with Crippen LogP contribution in [0.5, 0.6) is 0 Å². The van der Waals surface area contributed by atoms with E-state index in [1.807, 2.05) is 6.92 Å². The summed E-state index contributed by atoms with van der Waals surface area (Å²) >= 11 is 3.22. The van der Waals surface area contributed by atoms with Gasteiger partial charge in [-0.25, -0.2) is 0 Å². The Morgan fingerprint density at radius 1 is 1.50 bits per heavy atom. The lowest BCUT2D eigenvalue weighted by atomic mass is 10.3. The van der Waals surface area contributed by atoms with Gasteiger partial charge in [0.1, 0.15) is 5.69 Å². The Morgan fingerprint density at radius 3 is 2.69 bits per heavy atom. The van der Waals surface area contributed by atoms with Crippen molar-refractivity contribution in [3.05, 3.63) is 22.4 Å². The fraction of sp³-hybridized carbons (Fsp3) is 0.400. The molecule has 2 unspecified atom stereocenters. The maximum atomic E-state index is 11.5. The molecule has 1 aliphatic rings. The number of halogens is 1. The minimum Gasteiger partial charge on any atom is -0.356 e. The number of aromatic nitrogens is 1. The second-order valence-electron chi connectivity index (χ2n) is 3.99. The summed E-state index contributed by atoms with van der Waals surface area (Å²) in [7, 11) is 0. The molecule has 0 aromatic carbocycles. The Labute approximate surface area is 101 Å². The van der Waals surface area contributed by atoms with Crippen molar-refractivity contribution in [2.75, 3.05) is 0 Å². The van der Waals surface area contributed by atoms with Crippen LogP contribution in [-0.2, 0) is 4.79 Å². The van der Waals surface area contributed by atoms with Gasteiger partial charge in [0.15, 0.2) is 0 Å². The number of hydrazine groups is 1. The predicted molar refractivity (Wildman–Crippen MR) is 61.4 cm³/mol. The number of nitrogens with one attached hydrogen (secondary N) is 3. The van der Waals surface area contributed by atoms with E-state index < -0.39 is 0 Å². The summed E-state index contributed by atoms with van der Waals surface area (Å²) in [5, 5.41) is 0. The molecular formula is C10H12BrN3O2. The van der Waals surface area contributed by atoms with Crippen LogP contribution in [0.2, 0.25) is 0 Å². The molecule has 1 heterocycles. The standard InChI is InChI=1S/C10H12BrN3O2/c1-5-2-7(5)9(15)13-14-10(16)8-3-6(11)4-12-8/h3-5,7,12H,2H2,1H3,(H,13,15)(H,14,16). The van der Waals surface area contributed by atoms with Crippen LogP contribution in [0.3, 0.4) is 0 Å². The third-order valence-electron chi connectivity index (χ3n) is 2.64. The number of amides is 2. The third kappa shape index (κ3) is 2.44. The van der Waals surface area contributed by atoms with Crippen LogP contribution in [0.4, 0.5) is 0 Å². The molecule has 2 atom stereocenters. The molecule has 0 spiro atoms. The molecule has 5 nitrogen and oxygen atoms in total.